The van der Waals surface area contributed by atoms with Crippen molar-refractivity contribution in [3.05, 3.63) is 84.7 Å². The van der Waals surface area contributed by atoms with E-state index in [9.17, 15) is 0 Å². The molecule has 2 aromatic carbocycles. The van der Waals surface area contributed by atoms with Crippen molar-refractivity contribution >= 4 is 16.6 Å². The van der Waals surface area contributed by atoms with Crippen molar-refractivity contribution in [2.45, 2.75) is 55.4 Å². The second-order valence-electron chi connectivity index (χ2n) is 6.16. The van der Waals surface area contributed by atoms with Crippen LogP contribution in [-0.4, -0.2) is 31.2 Å². The smallest absolute Gasteiger partial charge is 0.659 e. The third-order valence-corrected chi connectivity index (χ3v) is 4.19. The van der Waals surface area contributed by atoms with Crippen molar-refractivity contribution in [1.29, 1.82) is 0 Å². The van der Waals surface area contributed by atoms with E-state index in [4.69, 9.17) is 0 Å². The average Bonchev–Trinajstić information content (AvgIpc) is 2.83. The van der Waals surface area contributed by atoms with Gasteiger partial charge in [0, 0.05) is 17.3 Å². The van der Waals surface area contributed by atoms with Crippen molar-refractivity contribution < 1.29 is 21.1 Å². The number of rotatable bonds is 1. The van der Waals surface area contributed by atoms with Gasteiger partial charge >= 0.3 is 21.1 Å². The van der Waals surface area contributed by atoms with Gasteiger partial charge in [0.2, 0.25) is 0 Å². The van der Waals surface area contributed by atoms with Crippen LogP contribution in [0.3, 0.4) is 0 Å². The van der Waals surface area contributed by atoms with Crippen molar-refractivity contribution in [3.8, 4) is 0 Å². The zero-order valence-corrected chi connectivity index (χ0v) is 24.8. The summed E-state index contributed by atoms with van der Waals surface area (Å²) in [5.41, 5.74) is 5.04. The quantitative estimate of drug-likeness (QED) is 0.261. The van der Waals surface area contributed by atoms with Gasteiger partial charge in [0.25, 0.3) is 0 Å². The monoisotopic (exact) mass is 607 g/mol. The van der Waals surface area contributed by atoms with Gasteiger partial charge in [-0.05, 0) is 51.2 Å². The van der Waals surface area contributed by atoms with E-state index in [1.165, 1.54) is 22.2 Å². The largest absolute Gasteiger partial charge is 2.00 e. The number of fused-ring (bicyclic) bond motifs is 1. The fourth-order valence-electron chi connectivity index (χ4n) is 3.02. The first-order chi connectivity index (χ1) is 14.7. The molecule has 1 aliphatic heterocycles. The molecule has 32 heavy (non-hydrogen) atoms. The van der Waals surface area contributed by atoms with Crippen molar-refractivity contribution in [3.63, 3.8) is 0 Å². The molecule has 0 aliphatic carbocycles. The van der Waals surface area contributed by atoms with Gasteiger partial charge in [-0.1, -0.05) is 83.0 Å². The SMILES string of the molecule is CC.CC.CC.Cc1cccc(C)c1.[CH3-].[W+2].c1cc(N2CC[N-]CC2)c2cccnc2c1. The summed E-state index contributed by atoms with van der Waals surface area (Å²) in [6, 6.07) is 18.9. The molecule has 0 unspecified atom stereocenters. The second kappa shape index (κ2) is 22.5. The molecule has 1 aromatic heterocycles. The predicted octanol–water partition coefficient (Wildman–Crippen LogP) is 8.26. The van der Waals surface area contributed by atoms with E-state index in [2.05, 4.69) is 77.6 Å². The molecule has 1 saturated heterocycles. The number of piperazine rings is 1. The van der Waals surface area contributed by atoms with E-state index in [1.807, 2.05) is 53.8 Å². The minimum Gasteiger partial charge on any atom is -0.659 e. The van der Waals surface area contributed by atoms with Crippen LogP contribution in [0.5, 0.6) is 0 Å². The van der Waals surface area contributed by atoms with Crippen LogP contribution in [-0.2, 0) is 21.1 Å². The van der Waals surface area contributed by atoms with Crippen LogP contribution in [0.4, 0.5) is 5.69 Å². The molecule has 178 valence electrons. The van der Waals surface area contributed by atoms with Gasteiger partial charge in [-0.3, -0.25) is 4.98 Å². The number of anilines is 1. The van der Waals surface area contributed by atoms with Crippen LogP contribution < -0.4 is 4.90 Å². The minimum atomic E-state index is 0. The molecule has 0 spiro atoms. The van der Waals surface area contributed by atoms with Crippen molar-refractivity contribution in [2.75, 3.05) is 31.1 Å². The Kier molecular flexibility index (Phi) is 24.5. The third-order valence-electron chi connectivity index (χ3n) is 4.19. The molecule has 0 atom stereocenters. The number of hydrogen-bond acceptors (Lipinski definition) is 2. The number of benzene rings is 2. The van der Waals surface area contributed by atoms with Crippen LogP contribution in [0.25, 0.3) is 16.2 Å². The molecule has 2 heterocycles. The maximum Gasteiger partial charge on any atom is 2.00 e. The first kappa shape index (κ1) is 34.9. The Balaban J connectivity index is -0.000000452. The summed E-state index contributed by atoms with van der Waals surface area (Å²) in [4.78, 5) is 6.79. The Morgan fingerprint density at radius 1 is 0.750 bits per heavy atom. The first-order valence-electron chi connectivity index (χ1n) is 11.5. The Bertz CT molecular complexity index is 777. The number of hydrogen-bond donors (Lipinski definition) is 0. The second-order valence-corrected chi connectivity index (χ2v) is 6.16. The van der Waals surface area contributed by atoms with Crippen LogP contribution in [0, 0.1) is 21.3 Å². The Morgan fingerprint density at radius 2 is 1.28 bits per heavy atom. The topological polar surface area (TPSA) is 30.2 Å². The zero-order valence-electron chi connectivity index (χ0n) is 21.9. The molecule has 1 aliphatic rings. The molecule has 4 heteroatoms. The molecule has 0 radical (unpaired) electrons. The molecular formula is C28H45N3W. The number of pyridine rings is 1. The average molecular weight is 608 g/mol. The van der Waals surface area contributed by atoms with Crippen molar-refractivity contribution in [1.82, 2.24) is 4.98 Å². The van der Waals surface area contributed by atoms with Gasteiger partial charge in [0.05, 0.1) is 5.52 Å². The van der Waals surface area contributed by atoms with Gasteiger partial charge < -0.3 is 17.6 Å². The maximum absolute atomic E-state index is 4.39. The van der Waals surface area contributed by atoms with E-state index < -0.39 is 0 Å². The number of aryl methyl sites for hydroxylation is 2. The molecule has 3 aromatic rings. The standard InChI is InChI=1S/C13H14N3.C8H10.3C2H6.CH3.W/c1-4-12-11(3-2-6-15-12)13(5-1)16-9-7-14-8-10-16;1-7-4-3-5-8(2)6-7;3*1-2;;/h1-6H,7-10H2;3-6H,1-2H3;3*1-2H3;1H3;/q-1;;;;;-1;+2. The normalized spacial score (nSPS) is 11.2. The molecule has 0 saturated carbocycles. The molecule has 4 rings (SSSR count). The van der Waals surface area contributed by atoms with Gasteiger partial charge in [0.1, 0.15) is 0 Å². The van der Waals surface area contributed by atoms with Crippen molar-refractivity contribution in [2.24, 2.45) is 0 Å². The molecule has 1 fully saturated rings. The van der Waals surface area contributed by atoms with E-state index >= 15 is 0 Å². The molecular weight excluding hydrogens is 562 g/mol. The molecule has 0 amide bonds. The Labute approximate surface area is 213 Å². The zero-order chi connectivity index (χ0) is 22.8. The number of nitrogens with zero attached hydrogens (tertiary/aromatic N) is 3. The van der Waals surface area contributed by atoms with Crippen LogP contribution in [0.15, 0.2) is 60.8 Å². The maximum atomic E-state index is 4.39. The first-order valence-corrected chi connectivity index (χ1v) is 11.5. The minimum absolute atomic E-state index is 0. The van der Waals surface area contributed by atoms with Crippen LogP contribution >= 0.6 is 0 Å². The van der Waals surface area contributed by atoms with Gasteiger partial charge in [-0.2, -0.15) is 0 Å². The van der Waals surface area contributed by atoms with Gasteiger partial charge in [0.15, 0.2) is 0 Å². The van der Waals surface area contributed by atoms with E-state index in [0.717, 1.165) is 31.7 Å². The van der Waals surface area contributed by atoms with Gasteiger partial charge in [-0.15, -0.1) is 13.1 Å². The number of aromatic nitrogens is 1. The summed E-state index contributed by atoms with van der Waals surface area (Å²) in [5.74, 6) is 0. The Morgan fingerprint density at radius 3 is 1.78 bits per heavy atom. The van der Waals surface area contributed by atoms with E-state index in [1.54, 1.807) is 0 Å². The summed E-state index contributed by atoms with van der Waals surface area (Å²) < 4.78 is 0. The fraction of sp³-hybridized carbons (Fsp3) is 0.429. The summed E-state index contributed by atoms with van der Waals surface area (Å²) in [5, 5.41) is 5.62. The van der Waals surface area contributed by atoms with E-state index in [-0.39, 0.29) is 28.5 Å². The summed E-state index contributed by atoms with van der Waals surface area (Å²) in [6.45, 7) is 20.1. The molecule has 0 bridgehead atoms. The van der Waals surface area contributed by atoms with Gasteiger partial charge in [-0.25, -0.2) is 0 Å². The Hall–Kier alpha value is -1.70. The predicted molar refractivity (Wildman–Crippen MR) is 143 cm³/mol. The van der Waals surface area contributed by atoms with E-state index in [0.29, 0.717) is 0 Å². The summed E-state index contributed by atoms with van der Waals surface area (Å²) in [7, 11) is 0. The fourth-order valence-corrected chi connectivity index (χ4v) is 3.02. The summed E-state index contributed by atoms with van der Waals surface area (Å²) in [6.07, 6.45) is 1.84. The summed E-state index contributed by atoms with van der Waals surface area (Å²) >= 11 is 0. The molecule has 0 N–H and O–H groups in total. The third kappa shape index (κ3) is 12.4. The van der Waals surface area contributed by atoms with Crippen LogP contribution in [0.1, 0.15) is 52.7 Å². The molecule has 3 nitrogen and oxygen atoms in total. The van der Waals surface area contributed by atoms with Crippen LogP contribution in [0.2, 0.25) is 0 Å².